The van der Waals surface area contributed by atoms with Crippen LogP contribution in [0.2, 0.25) is 0 Å². The molecule has 0 aliphatic heterocycles. The van der Waals surface area contributed by atoms with Gasteiger partial charge in [0, 0.05) is 23.2 Å². The van der Waals surface area contributed by atoms with Crippen molar-refractivity contribution in [3.05, 3.63) is 75.6 Å². The minimum absolute atomic E-state index is 0.00388. The fraction of sp³-hybridized carbons (Fsp3) is 0.238. The molecule has 0 saturated carbocycles. The average molecular weight is 334 g/mol. The van der Waals surface area contributed by atoms with Crippen molar-refractivity contribution in [1.82, 2.24) is 4.98 Å². The van der Waals surface area contributed by atoms with E-state index in [2.05, 4.69) is 4.98 Å². The number of para-hydroxylation sites is 1. The van der Waals surface area contributed by atoms with Gasteiger partial charge >= 0.3 is 0 Å². The highest BCUT2D eigenvalue weighted by atomic mass is 16.2. The van der Waals surface area contributed by atoms with Gasteiger partial charge in [0.25, 0.3) is 5.56 Å². The van der Waals surface area contributed by atoms with E-state index >= 15 is 0 Å². The molecule has 1 N–H and O–H groups in total. The summed E-state index contributed by atoms with van der Waals surface area (Å²) in [7, 11) is 0. The Bertz CT molecular complexity index is 989. The van der Waals surface area contributed by atoms with Gasteiger partial charge in [-0.2, -0.15) is 0 Å². The van der Waals surface area contributed by atoms with Crippen LogP contribution in [0.15, 0.2) is 53.3 Å². The summed E-state index contributed by atoms with van der Waals surface area (Å²) in [6.45, 7) is 6.16. The van der Waals surface area contributed by atoms with Gasteiger partial charge in [-0.25, -0.2) is 0 Å². The fourth-order valence-corrected chi connectivity index (χ4v) is 2.89. The van der Waals surface area contributed by atoms with Gasteiger partial charge < -0.3 is 9.88 Å². The van der Waals surface area contributed by atoms with Gasteiger partial charge in [-0.1, -0.05) is 31.2 Å². The van der Waals surface area contributed by atoms with Crippen molar-refractivity contribution in [2.75, 3.05) is 4.90 Å². The molecule has 0 aliphatic carbocycles. The zero-order chi connectivity index (χ0) is 18.0. The molecule has 3 aromatic rings. The van der Waals surface area contributed by atoms with Crippen LogP contribution in [0.5, 0.6) is 0 Å². The molecule has 0 saturated heterocycles. The molecule has 4 nitrogen and oxygen atoms in total. The molecule has 1 heterocycles. The Morgan fingerprint density at radius 1 is 1.04 bits per heavy atom. The molecule has 0 fully saturated rings. The number of rotatable bonds is 4. The summed E-state index contributed by atoms with van der Waals surface area (Å²) >= 11 is 0. The summed E-state index contributed by atoms with van der Waals surface area (Å²) in [4.78, 5) is 29.5. The van der Waals surface area contributed by atoms with E-state index < -0.39 is 0 Å². The first kappa shape index (κ1) is 17.0. The monoisotopic (exact) mass is 334 g/mol. The van der Waals surface area contributed by atoms with Crippen LogP contribution in [0.3, 0.4) is 0 Å². The standard InChI is InChI=1S/C21H22N2O2/c1-4-20(24)23(18-10-9-14(2)15(3)11-18)13-17-12-16-7-5-6-8-19(16)22-21(17)25/h5-12H,4,13H2,1-3H3,(H,22,25). The van der Waals surface area contributed by atoms with E-state index in [4.69, 9.17) is 0 Å². The molecule has 3 rings (SSSR count). The number of aryl methyl sites for hydroxylation is 2. The van der Waals surface area contributed by atoms with Crippen molar-refractivity contribution in [3.63, 3.8) is 0 Å². The number of nitrogens with zero attached hydrogens (tertiary/aromatic N) is 1. The van der Waals surface area contributed by atoms with Gasteiger partial charge in [0.2, 0.25) is 5.91 Å². The maximum Gasteiger partial charge on any atom is 0.253 e. The van der Waals surface area contributed by atoms with Crippen molar-refractivity contribution >= 4 is 22.5 Å². The predicted molar refractivity (Wildman–Crippen MR) is 102 cm³/mol. The second-order valence-electron chi connectivity index (χ2n) is 6.31. The third kappa shape index (κ3) is 3.48. The fourth-order valence-electron chi connectivity index (χ4n) is 2.89. The van der Waals surface area contributed by atoms with Crippen molar-refractivity contribution < 1.29 is 4.79 Å². The van der Waals surface area contributed by atoms with Gasteiger partial charge in [0.1, 0.15) is 0 Å². The van der Waals surface area contributed by atoms with Gasteiger partial charge in [-0.15, -0.1) is 0 Å². The summed E-state index contributed by atoms with van der Waals surface area (Å²) in [5.41, 5.74) is 4.35. The van der Waals surface area contributed by atoms with Crippen LogP contribution in [-0.2, 0) is 11.3 Å². The summed E-state index contributed by atoms with van der Waals surface area (Å²) < 4.78 is 0. The van der Waals surface area contributed by atoms with Gasteiger partial charge in [0.15, 0.2) is 0 Å². The number of pyridine rings is 1. The highest BCUT2D eigenvalue weighted by Gasteiger charge is 2.17. The number of carbonyl (C=O) groups is 1. The predicted octanol–water partition coefficient (Wildman–Crippen LogP) is 4.09. The maximum absolute atomic E-state index is 12.5. The first-order valence-electron chi connectivity index (χ1n) is 8.48. The number of nitrogens with one attached hydrogen (secondary N) is 1. The summed E-state index contributed by atoms with van der Waals surface area (Å²) in [5, 5.41) is 0.959. The number of hydrogen-bond acceptors (Lipinski definition) is 2. The lowest BCUT2D eigenvalue weighted by Gasteiger charge is -2.23. The van der Waals surface area contributed by atoms with Crippen LogP contribution in [0.1, 0.15) is 30.0 Å². The quantitative estimate of drug-likeness (QED) is 0.781. The molecule has 128 valence electrons. The maximum atomic E-state index is 12.5. The SMILES string of the molecule is CCC(=O)N(Cc1cc2ccccc2[nH]c1=O)c1ccc(C)c(C)c1. The van der Waals surface area contributed by atoms with E-state index in [1.807, 2.05) is 69.3 Å². The summed E-state index contributed by atoms with van der Waals surface area (Å²) in [6, 6.07) is 15.5. The lowest BCUT2D eigenvalue weighted by molar-refractivity contribution is -0.118. The van der Waals surface area contributed by atoms with Crippen molar-refractivity contribution in [1.29, 1.82) is 0 Å². The molecule has 0 bridgehead atoms. The number of amides is 1. The summed E-state index contributed by atoms with van der Waals surface area (Å²) in [6.07, 6.45) is 0.387. The Balaban J connectivity index is 2.03. The number of aromatic nitrogens is 1. The van der Waals surface area contributed by atoms with Crippen molar-refractivity contribution in [2.24, 2.45) is 0 Å². The first-order chi connectivity index (χ1) is 12.0. The second kappa shape index (κ2) is 6.93. The van der Waals surface area contributed by atoms with E-state index in [0.29, 0.717) is 12.0 Å². The molecular formula is C21H22N2O2. The highest BCUT2D eigenvalue weighted by Crippen LogP contribution is 2.22. The Hall–Kier alpha value is -2.88. The van der Waals surface area contributed by atoms with Crippen LogP contribution < -0.4 is 10.5 Å². The minimum Gasteiger partial charge on any atom is -0.322 e. The molecular weight excluding hydrogens is 312 g/mol. The molecule has 0 radical (unpaired) electrons. The smallest absolute Gasteiger partial charge is 0.253 e. The number of benzene rings is 2. The van der Waals surface area contributed by atoms with E-state index in [-0.39, 0.29) is 18.0 Å². The largest absolute Gasteiger partial charge is 0.322 e. The molecule has 4 heteroatoms. The molecule has 25 heavy (non-hydrogen) atoms. The lowest BCUT2D eigenvalue weighted by Crippen LogP contribution is -2.32. The van der Waals surface area contributed by atoms with Crippen LogP contribution in [0.4, 0.5) is 5.69 Å². The Labute approximate surface area is 147 Å². The van der Waals surface area contributed by atoms with E-state index in [9.17, 15) is 9.59 Å². The third-order valence-corrected chi connectivity index (χ3v) is 4.56. The topological polar surface area (TPSA) is 53.2 Å². The van der Waals surface area contributed by atoms with Crippen LogP contribution >= 0.6 is 0 Å². The zero-order valence-electron chi connectivity index (χ0n) is 14.8. The Morgan fingerprint density at radius 2 is 1.80 bits per heavy atom. The first-order valence-corrected chi connectivity index (χ1v) is 8.48. The molecule has 1 amide bonds. The molecule has 0 spiro atoms. The number of fused-ring (bicyclic) bond motifs is 1. The zero-order valence-corrected chi connectivity index (χ0v) is 14.8. The normalized spacial score (nSPS) is 10.8. The molecule has 0 unspecified atom stereocenters. The van der Waals surface area contributed by atoms with Crippen molar-refractivity contribution in [2.45, 2.75) is 33.7 Å². The van der Waals surface area contributed by atoms with Gasteiger partial charge in [-0.05, 0) is 54.6 Å². The second-order valence-corrected chi connectivity index (χ2v) is 6.31. The van der Waals surface area contributed by atoms with Crippen LogP contribution in [0.25, 0.3) is 10.9 Å². The Kier molecular flexibility index (Phi) is 4.70. The van der Waals surface area contributed by atoms with E-state index in [1.54, 1.807) is 4.90 Å². The van der Waals surface area contributed by atoms with E-state index in [0.717, 1.165) is 22.2 Å². The number of hydrogen-bond donors (Lipinski definition) is 1. The van der Waals surface area contributed by atoms with Crippen molar-refractivity contribution in [3.8, 4) is 0 Å². The van der Waals surface area contributed by atoms with Crippen LogP contribution in [0, 0.1) is 13.8 Å². The minimum atomic E-state index is -0.156. The van der Waals surface area contributed by atoms with Crippen LogP contribution in [-0.4, -0.2) is 10.9 Å². The third-order valence-electron chi connectivity index (χ3n) is 4.56. The summed E-state index contributed by atoms with van der Waals surface area (Å²) in [5.74, 6) is -0.00388. The number of aromatic amines is 1. The lowest BCUT2D eigenvalue weighted by atomic mass is 10.1. The highest BCUT2D eigenvalue weighted by molar-refractivity contribution is 5.93. The molecule has 2 aromatic carbocycles. The number of carbonyl (C=O) groups excluding carboxylic acids is 1. The van der Waals surface area contributed by atoms with Gasteiger partial charge in [0.05, 0.1) is 6.54 Å². The Morgan fingerprint density at radius 3 is 2.52 bits per heavy atom. The molecule has 0 aliphatic rings. The number of anilines is 1. The average Bonchev–Trinajstić information content (AvgIpc) is 2.61. The molecule has 0 atom stereocenters. The van der Waals surface area contributed by atoms with Gasteiger partial charge in [-0.3, -0.25) is 9.59 Å². The number of H-pyrrole nitrogens is 1. The molecule has 1 aromatic heterocycles. The van der Waals surface area contributed by atoms with E-state index in [1.165, 1.54) is 5.56 Å².